The van der Waals surface area contributed by atoms with Gasteiger partial charge in [0.05, 0.1) is 36.0 Å². The maximum Gasteiger partial charge on any atom is 0.137 e. The number of fused-ring (bicyclic) bond motifs is 1. The van der Waals surface area contributed by atoms with Crippen LogP contribution in [-0.2, 0) is 24.2 Å². The van der Waals surface area contributed by atoms with Crippen molar-refractivity contribution in [2.24, 2.45) is 0 Å². The molecule has 2 aromatic rings. The van der Waals surface area contributed by atoms with E-state index in [9.17, 15) is 0 Å². The van der Waals surface area contributed by atoms with Crippen LogP contribution < -0.4 is 5.32 Å². The quantitative estimate of drug-likeness (QED) is 0.936. The van der Waals surface area contributed by atoms with Crippen molar-refractivity contribution in [1.82, 2.24) is 15.0 Å². The molecule has 1 aliphatic rings. The summed E-state index contributed by atoms with van der Waals surface area (Å²) in [6, 6.07) is 0. The third kappa shape index (κ3) is 2.81. The van der Waals surface area contributed by atoms with Crippen LogP contribution in [0.15, 0.2) is 5.38 Å². The van der Waals surface area contributed by atoms with E-state index in [-0.39, 0.29) is 0 Å². The van der Waals surface area contributed by atoms with Crippen LogP contribution in [0.2, 0.25) is 0 Å². The van der Waals surface area contributed by atoms with Gasteiger partial charge in [-0.1, -0.05) is 0 Å². The molecule has 0 bridgehead atoms. The summed E-state index contributed by atoms with van der Waals surface area (Å²) in [4.78, 5) is 13.8. The van der Waals surface area contributed by atoms with Crippen LogP contribution in [0, 0.1) is 6.92 Å². The van der Waals surface area contributed by atoms with Gasteiger partial charge in [0.2, 0.25) is 0 Å². The van der Waals surface area contributed by atoms with Gasteiger partial charge in [-0.2, -0.15) is 0 Å². The lowest BCUT2D eigenvalue weighted by Crippen LogP contribution is -2.18. The van der Waals surface area contributed by atoms with Crippen LogP contribution in [0.25, 0.3) is 0 Å². The number of hydrogen-bond acceptors (Lipinski definition) is 6. The largest absolute Gasteiger partial charge is 0.376 e. The van der Waals surface area contributed by atoms with Crippen molar-refractivity contribution in [3.63, 3.8) is 0 Å². The van der Waals surface area contributed by atoms with Crippen molar-refractivity contribution in [2.75, 3.05) is 18.5 Å². The normalized spacial score (nSPS) is 14.1. The molecule has 20 heavy (non-hydrogen) atoms. The van der Waals surface area contributed by atoms with Gasteiger partial charge in [0, 0.05) is 23.9 Å². The van der Waals surface area contributed by atoms with Crippen LogP contribution in [0.3, 0.4) is 0 Å². The second-order valence-electron chi connectivity index (χ2n) is 4.78. The van der Waals surface area contributed by atoms with Crippen LogP contribution in [-0.4, -0.2) is 28.1 Å². The first-order valence-electron chi connectivity index (χ1n) is 6.87. The van der Waals surface area contributed by atoms with E-state index in [0.717, 1.165) is 53.2 Å². The van der Waals surface area contributed by atoms with Crippen molar-refractivity contribution in [3.8, 4) is 0 Å². The molecule has 1 aliphatic heterocycles. The molecular weight excluding hydrogens is 272 g/mol. The zero-order valence-electron chi connectivity index (χ0n) is 11.8. The molecule has 0 spiro atoms. The highest BCUT2D eigenvalue weighted by Gasteiger charge is 2.18. The molecule has 0 unspecified atom stereocenters. The highest BCUT2D eigenvalue weighted by molar-refractivity contribution is 7.09. The Bertz CT molecular complexity index is 611. The zero-order valence-corrected chi connectivity index (χ0v) is 12.6. The van der Waals surface area contributed by atoms with E-state index in [1.54, 1.807) is 11.3 Å². The number of aromatic nitrogens is 3. The molecule has 106 valence electrons. The van der Waals surface area contributed by atoms with Crippen LogP contribution in [0.5, 0.6) is 0 Å². The predicted octanol–water partition coefficient (Wildman–Crippen LogP) is 2.34. The molecular formula is C14H18N4OS. The average Bonchev–Trinajstić information content (AvgIpc) is 2.84. The van der Waals surface area contributed by atoms with Crippen LogP contribution in [0.1, 0.15) is 34.7 Å². The van der Waals surface area contributed by atoms with E-state index in [2.05, 4.69) is 27.6 Å². The second-order valence-corrected chi connectivity index (χ2v) is 5.84. The third-order valence-corrected chi connectivity index (χ3v) is 4.04. The number of nitrogens with one attached hydrogen (secondary N) is 1. The number of nitrogens with zero attached hydrogens (tertiary/aromatic N) is 3. The minimum atomic E-state index is 0.605. The average molecular weight is 290 g/mol. The lowest BCUT2D eigenvalue weighted by molar-refractivity contribution is 0.109. The topological polar surface area (TPSA) is 59.9 Å². The van der Waals surface area contributed by atoms with Gasteiger partial charge in [0.15, 0.2) is 0 Å². The van der Waals surface area contributed by atoms with Gasteiger partial charge in [-0.15, -0.1) is 11.3 Å². The van der Waals surface area contributed by atoms with E-state index < -0.39 is 0 Å². The standard InChI is InChI=1S/C14H18N4OS/c1-3-15-14-11-7-19-5-4-12(11)17-13(18-14)6-10-8-20-9(2)16-10/h8H,3-7H2,1-2H3,(H,15,17,18). The Labute approximate surface area is 122 Å². The second kappa shape index (κ2) is 5.85. The molecule has 0 radical (unpaired) electrons. The number of rotatable bonds is 4. The summed E-state index contributed by atoms with van der Waals surface area (Å²) >= 11 is 1.66. The van der Waals surface area contributed by atoms with Gasteiger partial charge in [-0.3, -0.25) is 0 Å². The van der Waals surface area contributed by atoms with Gasteiger partial charge in [0.1, 0.15) is 11.6 Å². The van der Waals surface area contributed by atoms with E-state index >= 15 is 0 Å². The van der Waals surface area contributed by atoms with Gasteiger partial charge in [0.25, 0.3) is 0 Å². The Balaban J connectivity index is 1.92. The number of aryl methyl sites for hydroxylation is 1. The number of hydrogen-bond donors (Lipinski definition) is 1. The predicted molar refractivity (Wildman–Crippen MR) is 79.2 cm³/mol. The summed E-state index contributed by atoms with van der Waals surface area (Å²) in [6.45, 7) is 6.28. The summed E-state index contributed by atoms with van der Waals surface area (Å²) in [5, 5.41) is 6.48. The summed E-state index contributed by atoms with van der Waals surface area (Å²) in [7, 11) is 0. The maximum atomic E-state index is 5.51. The van der Waals surface area contributed by atoms with Crippen molar-refractivity contribution in [2.45, 2.75) is 33.3 Å². The Kier molecular flexibility index (Phi) is 3.93. The van der Waals surface area contributed by atoms with E-state index in [0.29, 0.717) is 13.0 Å². The molecule has 0 aromatic carbocycles. The molecule has 2 aromatic heterocycles. The van der Waals surface area contributed by atoms with E-state index in [1.807, 2.05) is 6.92 Å². The summed E-state index contributed by atoms with van der Waals surface area (Å²) in [6.07, 6.45) is 1.55. The summed E-state index contributed by atoms with van der Waals surface area (Å²) < 4.78 is 5.51. The van der Waals surface area contributed by atoms with Crippen molar-refractivity contribution >= 4 is 17.2 Å². The van der Waals surface area contributed by atoms with Crippen molar-refractivity contribution in [1.29, 1.82) is 0 Å². The van der Waals surface area contributed by atoms with Crippen LogP contribution in [0.4, 0.5) is 5.82 Å². The summed E-state index contributed by atoms with van der Waals surface area (Å²) in [5.41, 5.74) is 3.27. The smallest absolute Gasteiger partial charge is 0.137 e. The zero-order chi connectivity index (χ0) is 13.9. The highest BCUT2D eigenvalue weighted by Crippen LogP contribution is 2.23. The molecule has 0 amide bonds. The maximum absolute atomic E-state index is 5.51. The first-order chi connectivity index (χ1) is 9.76. The molecule has 0 atom stereocenters. The molecule has 0 fully saturated rings. The molecule has 6 heteroatoms. The number of thiazole rings is 1. The van der Waals surface area contributed by atoms with Crippen molar-refractivity contribution in [3.05, 3.63) is 33.2 Å². The van der Waals surface area contributed by atoms with E-state index in [1.165, 1.54) is 0 Å². The monoisotopic (exact) mass is 290 g/mol. The molecule has 1 N–H and O–H groups in total. The van der Waals surface area contributed by atoms with E-state index in [4.69, 9.17) is 9.72 Å². The lowest BCUT2D eigenvalue weighted by Gasteiger charge is -2.19. The van der Waals surface area contributed by atoms with Gasteiger partial charge in [-0.05, 0) is 13.8 Å². The van der Waals surface area contributed by atoms with Gasteiger partial charge in [-0.25, -0.2) is 15.0 Å². The Hall–Kier alpha value is -1.53. The van der Waals surface area contributed by atoms with Crippen LogP contribution >= 0.6 is 11.3 Å². The van der Waals surface area contributed by atoms with Gasteiger partial charge >= 0.3 is 0 Å². The molecule has 0 aliphatic carbocycles. The highest BCUT2D eigenvalue weighted by atomic mass is 32.1. The minimum Gasteiger partial charge on any atom is -0.376 e. The SMILES string of the molecule is CCNc1nc(Cc2csc(C)n2)nc2c1COCC2. The lowest BCUT2D eigenvalue weighted by atomic mass is 10.1. The number of ether oxygens (including phenoxy) is 1. The molecule has 5 nitrogen and oxygen atoms in total. The minimum absolute atomic E-state index is 0.605. The Morgan fingerprint density at radius 3 is 3.00 bits per heavy atom. The molecule has 0 saturated heterocycles. The molecule has 0 saturated carbocycles. The molecule has 3 heterocycles. The first-order valence-corrected chi connectivity index (χ1v) is 7.75. The van der Waals surface area contributed by atoms with Crippen molar-refractivity contribution < 1.29 is 4.74 Å². The third-order valence-electron chi connectivity index (χ3n) is 3.22. The fourth-order valence-corrected chi connectivity index (χ4v) is 2.94. The molecule has 3 rings (SSSR count). The summed E-state index contributed by atoms with van der Waals surface area (Å²) in [5.74, 6) is 1.76. The van der Waals surface area contributed by atoms with Gasteiger partial charge < -0.3 is 10.1 Å². The number of anilines is 1. The first kappa shape index (κ1) is 13.5. The Morgan fingerprint density at radius 2 is 2.25 bits per heavy atom. The fourth-order valence-electron chi connectivity index (χ4n) is 2.33. The Morgan fingerprint density at radius 1 is 1.35 bits per heavy atom. The fraction of sp³-hybridized carbons (Fsp3) is 0.500.